The van der Waals surface area contributed by atoms with Crippen LogP contribution in [0.5, 0.6) is 5.75 Å². The Morgan fingerprint density at radius 3 is 2.69 bits per heavy atom. The van der Waals surface area contributed by atoms with Gasteiger partial charge >= 0.3 is 0 Å². The highest BCUT2D eigenvalue weighted by Gasteiger charge is 2.15. The van der Waals surface area contributed by atoms with E-state index in [0.29, 0.717) is 24.8 Å². The van der Waals surface area contributed by atoms with Gasteiger partial charge in [0.15, 0.2) is 5.11 Å². The lowest BCUT2D eigenvalue weighted by Gasteiger charge is -2.25. The number of pyridine rings is 1. The van der Waals surface area contributed by atoms with Gasteiger partial charge in [-0.3, -0.25) is 4.98 Å². The SMILES string of the molecule is CCOc1ccccc1NC(=S)N(Cc1ccccn1)Cc1ccco1. The van der Waals surface area contributed by atoms with Crippen LogP contribution < -0.4 is 10.1 Å². The summed E-state index contributed by atoms with van der Waals surface area (Å²) in [6.45, 7) is 3.67. The fourth-order valence-electron chi connectivity index (χ4n) is 2.52. The Balaban J connectivity index is 1.78. The third kappa shape index (κ3) is 4.83. The number of anilines is 1. The molecule has 0 unspecified atom stereocenters. The Hall–Kier alpha value is -2.86. The van der Waals surface area contributed by atoms with E-state index in [4.69, 9.17) is 21.4 Å². The lowest BCUT2D eigenvalue weighted by molar-refractivity contribution is 0.341. The van der Waals surface area contributed by atoms with E-state index in [2.05, 4.69) is 10.3 Å². The van der Waals surface area contributed by atoms with Crippen LogP contribution in [0.4, 0.5) is 5.69 Å². The monoisotopic (exact) mass is 367 g/mol. The first-order valence-corrected chi connectivity index (χ1v) is 8.87. The summed E-state index contributed by atoms with van der Waals surface area (Å²) in [6, 6.07) is 17.4. The van der Waals surface area contributed by atoms with Crippen LogP contribution in [0.2, 0.25) is 0 Å². The van der Waals surface area contributed by atoms with Gasteiger partial charge in [0.25, 0.3) is 0 Å². The lowest BCUT2D eigenvalue weighted by atomic mass is 10.3. The molecule has 134 valence electrons. The number of rotatable bonds is 7. The van der Waals surface area contributed by atoms with Gasteiger partial charge in [0.2, 0.25) is 0 Å². The number of hydrogen-bond donors (Lipinski definition) is 1. The van der Waals surface area contributed by atoms with Crippen LogP contribution in [0, 0.1) is 0 Å². The zero-order valence-electron chi connectivity index (χ0n) is 14.6. The Morgan fingerprint density at radius 1 is 1.12 bits per heavy atom. The molecular weight excluding hydrogens is 346 g/mol. The molecule has 0 saturated heterocycles. The fourth-order valence-corrected chi connectivity index (χ4v) is 2.76. The first-order chi connectivity index (χ1) is 12.8. The maximum absolute atomic E-state index is 5.67. The molecule has 2 heterocycles. The number of benzene rings is 1. The van der Waals surface area contributed by atoms with Crippen LogP contribution in [-0.2, 0) is 13.1 Å². The van der Waals surface area contributed by atoms with E-state index in [1.807, 2.05) is 66.4 Å². The summed E-state index contributed by atoms with van der Waals surface area (Å²) in [5.74, 6) is 1.61. The second-order valence-corrected chi connectivity index (χ2v) is 6.00. The van der Waals surface area contributed by atoms with Crippen molar-refractivity contribution in [3.8, 4) is 5.75 Å². The molecule has 1 aromatic carbocycles. The van der Waals surface area contributed by atoms with Gasteiger partial charge in [-0.25, -0.2) is 0 Å². The second-order valence-electron chi connectivity index (χ2n) is 5.62. The number of nitrogens with one attached hydrogen (secondary N) is 1. The van der Waals surface area contributed by atoms with Gasteiger partial charge in [0.1, 0.15) is 11.5 Å². The van der Waals surface area contributed by atoms with E-state index < -0.39 is 0 Å². The van der Waals surface area contributed by atoms with Gasteiger partial charge < -0.3 is 19.4 Å². The molecule has 0 bridgehead atoms. The van der Waals surface area contributed by atoms with Crippen molar-refractivity contribution in [2.75, 3.05) is 11.9 Å². The van der Waals surface area contributed by atoms with Gasteiger partial charge in [-0.05, 0) is 55.5 Å². The molecule has 0 saturated carbocycles. The molecule has 26 heavy (non-hydrogen) atoms. The van der Waals surface area contributed by atoms with Crippen molar-refractivity contribution < 1.29 is 9.15 Å². The Morgan fingerprint density at radius 2 is 1.96 bits per heavy atom. The molecule has 0 aliphatic rings. The van der Waals surface area contributed by atoms with E-state index >= 15 is 0 Å². The first-order valence-electron chi connectivity index (χ1n) is 8.46. The summed E-state index contributed by atoms with van der Waals surface area (Å²) < 4.78 is 11.2. The zero-order valence-corrected chi connectivity index (χ0v) is 15.4. The highest BCUT2D eigenvalue weighted by Crippen LogP contribution is 2.24. The van der Waals surface area contributed by atoms with Gasteiger partial charge in [-0.15, -0.1) is 0 Å². The molecule has 0 fully saturated rings. The average molecular weight is 367 g/mol. The molecule has 2 aromatic heterocycles. The van der Waals surface area contributed by atoms with E-state index in [0.717, 1.165) is 22.9 Å². The standard InChI is InChI=1S/C20H21N3O2S/c1-2-24-19-11-4-3-10-18(19)22-20(26)23(15-17-9-7-13-25-17)14-16-8-5-6-12-21-16/h3-13H,2,14-15H2,1H3,(H,22,26). The minimum absolute atomic E-state index is 0.548. The third-order valence-corrected chi connectivity index (χ3v) is 4.08. The summed E-state index contributed by atoms with van der Waals surface area (Å²) in [5, 5.41) is 3.87. The van der Waals surface area contributed by atoms with Gasteiger partial charge in [0, 0.05) is 6.20 Å². The number of furan rings is 1. The summed E-state index contributed by atoms with van der Waals surface area (Å²) in [4.78, 5) is 6.41. The van der Waals surface area contributed by atoms with E-state index in [1.165, 1.54) is 0 Å². The minimum atomic E-state index is 0.548. The molecule has 0 spiro atoms. The first kappa shape index (κ1) is 17.9. The van der Waals surface area contributed by atoms with Crippen molar-refractivity contribution in [3.05, 3.63) is 78.5 Å². The van der Waals surface area contributed by atoms with Crippen molar-refractivity contribution in [2.45, 2.75) is 20.0 Å². The van der Waals surface area contributed by atoms with Crippen molar-refractivity contribution in [1.29, 1.82) is 0 Å². The summed E-state index contributed by atoms with van der Waals surface area (Å²) in [7, 11) is 0. The van der Waals surface area contributed by atoms with Gasteiger partial charge in [-0.2, -0.15) is 0 Å². The number of ether oxygens (including phenoxy) is 1. The molecule has 0 amide bonds. The van der Waals surface area contributed by atoms with Crippen LogP contribution in [0.3, 0.4) is 0 Å². The molecular formula is C20H21N3O2S. The topological polar surface area (TPSA) is 50.5 Å². The summed E-state index contributed by atoms with van der Waals surface area (Å²) in [5.41, 5.74) is 1.77. The zero-order chi connectivity index (χ0) is 18.2. The predicted octanol–water partition coefficient (Wildman–Crippen LogP) is 4.47. The molecule has 5 nitrogen and oxygen atoms in total. The number of hydrogen-bond acceptors (Lipinski definition) is 4. The smallest absolute Gasteiger partial charge is 0.174 e. The molecule has 0 radical (unpaired) electrons. The van der Waals surface area contributed by atoms with Crippen molar-refractivity contribution >= 4 is 23.0 Å². The number of para-hydroxylation sites is 2. The second kappa shape index (κ2) is 9.01. The minimum Gasteiger partial charge on any atom is -0.492 e. The Labute approximate surface area is 158 Å². The normalized spacial score (nSPS) is 10.3. The number of thiocarbonyl (C=S) groups is 1. The molecule has 0 atom stereocenters. The van der Waals surface area contributed by atoms with Crippen LogP contribution >= 0.6 is 12.2 Å². The molecule has 1 N–H and O–H groups in total. The number of nitrogens with zero attached hydrogens (tertiary/aromatic N) is 2. The van der Waals surface area contributed by atoms with Crippen molar-refractivity contribution in [1.82, 2.24) is 9.88 Å². The van der Waals surface area contributed by atoms with E-state index in [-0.39, 0.29) is 0 Å². The molecule has 6 heteroatoms. The highest BCUT2D eigenvalue weighted by molar-refractivity contribution is 7.80. The molecule has 3 aromatic rings. The Bertz CT molecular complexity index is 822. The average Bonchev–Trinajstić information content (AvgIpc) is 3.17. The van der Waals surface area contributed by atoms with Crippen LogP contribution in [0.15, 0.2) is 71.5 Å². The molecule has 3 rings (SSSR count). The third-order valence-electron chi connectivity index (χ3n) is 3.72. The van der Waals surface area contributed by atoms with Crippen LogP contribution in [0.25, 0.3) is 0 Å². The van der Waals surface area contributed by atoms with Crippen LogP contribution in [0.1, 0.15) is 18.4 Å². The molecule has 0 aliphatic heterocycles. The molecule has 0 aliphatic carbocycles. The maximum atomic E-state index is 5.67. The van der Waals surface area contributed by atoms with E-state index in [9.17, 15) is 0 Å². The summed E-state index contributed by atoms with van der Waals surface area (Å²) >= 11 is 5.66. The highest BCUT2D eigenvalue weighted by atomic mass is 32.1. The lowest BCUT2D eigenvalue weighted by Crippen LogP contribution is -2.34. The van der Waals surface area contributed by atoms with Crippen LogP contribution in [-0.4, -0.2) is 21.6 Å². The van der Waals surface area contributed by atoms with Crippen molar-refractivity contribution in [2.24, 2.45) is 0 Å². The van der Waals surface area contributed by atoms with Gasteiger partial charge in [-0.1, -0.05) is 18.2 Å². The van der Waals surface area contributed by atoms with Crippen molar-refractivity contribution in [3.63, 3.8) is 0 Å². The summed E-state index contributed by atoms with van der Waals surface area (Å²) in [6.07, 6.45) is 3.44. The largest absolute Gasteiger partial charge is 0.492 e. The van der Waals surface area contributed by atoms with E-state index in [1.54, 1.807) is 12.5 Å². The number of aromatic nitrogens is 1. The quantitative estimate of drug-likeness (QED) is 0.622. The predicted molar refractivity (Wildman–Crippen MR) is 106 cm³/mol. The Kier molecular flexibility index (Phi) is 6.22. The fraction of sp³-hybridized carbons (Fsp3) is 0.200. The maximum Gasteiger partial charge on any atom is 0.174 e. The van der Waals surface area contributed by atoms with Gasteiger partial charge in [0.05, 0.1) is 37.3 Å².